The number of anilines is 1. The van der Waals surface area contributed by atoms with Crippen LogP contribution in [0.15, 0.2) is 36.4 Å². The van der Waals surface area contributed by atoms with Gasteiger partial charge in [-0.1, -0.05) is 29.8 Å². The molecule has 4 heteroatoms. The highest BCUT2D eigenvalue weighted by Crippen LogP contribution is 2.30. The van der Waals surface area contributed by atoms with Crippen molar-refractivity contribution < 1.29 is 9.53 Å². The van der Waals surface area contributed by atoms with E-state index in [4.69, 9.17) is 16.3 Å². The zero-order valence-corrected chi connectivity index (χ0v) is 14.4. The molecular formula is C19H20ClNO2. The fourth-order valence-corrected chi connectivity index (χ4v) is 3.12. The molecule has 0 bridgehead atoms. The van der Waals surface area contributed by atoms with E-state index in [1.54, 1.807) is 6.92 Å². The predicted molar refractivity (Wildman–Crippen MR) is 93.5 cm³/mol. The number of aryl methyl sites for hydroxylation is 2. The van der Waals surface area contributed by atoms with Crippen molar-refractivity contribution in [2.45, 2.75) is 33.3 Å². The van der Waals surface area contributed by atoms with Gasteiger partial charge >= 0.3 is 0 Å². The van der Waals surface area contributed by atoms with Crippen molar-refractivity contribution in [1.82, 2.24) is 0 Å². The van der Waals surface area contributed by atoms with E-state index in [2.05, 4.69) is 6.07 Å². The van der Waals surface area contributed by atoms with Crippen LogP contribution in [0.2, 0.25) is 5.02 Å². The highest BCUT2D eigenvalue weighted by Gasteiger charge is 2.28. The molecule has 1 heterocycles. The Morgan fingerprint density at radius 1 is 1.22 bits per heavy atom. The van der Waals surface area contributed by atoms with Crippen molar-refractivity contribution in [3.63, 3.8) is 0 Å². The van der Waals surface area contributed by atoms with Gasteiger partial charge in [0.25, 0.3) is 5.91 Å². The Hall–Kier alpha value is -2.00. The zero-order valence-electron chi connectivity index (χ0n) is 13.6. The Balaban J connectivity index is 1.77. The molecule has 1 amide bonds. The Morgan fingerprint density at radius 2 is 1.87 bits per heavy atom. The first-order valence-electron chi connectivity index (χ1n) is 7.80. The maximum atomic E-state index is 12.7. The van der Waals surface area contributed by atoms with Gasteiger partial charge in [0.05, 0.1) is 0 Å². The van der Waals surface area contributed by atoms with Gasteiger partial charge in [-0.15, -0.1) is 0 Å². The molecule has 2 aromatic carbocycles. The van der Waals surface area contributed by atoms with Crippen molar-refractivity contribution in [3.05, 3.63) is 58.1 Å². The van der Waals surface area contributed by atoms with Crippen molar-refractivity contribution >= 4 is 23.2 Å². The summed E-state index contributed by atoms with van der Waals surface area (Å²) >= 11 is 6.18. The molecule has 0 fully saturated rings. The van der Waals surface area contributed by atoms with Crippen LogP contribution in [0.1, 0.15) is 23.6 Å². The van der Waals surface area contributed by atoms with Crippen molar-refractivity contribution in [3.8, 4) is 5.75 Å². The molecule has 23 heavy (non-hydrogen) atoms. The highest BCUT2D eigenvalue weighted by molar-refractivity contribution is 6.32. The first-order chi connectivity index (χ1) is 11.0. The van der Waals surface area contributed by atoms with Gasteiger partial charge in [0.15, 0.2) is 6.10 Å². The summed E-state index contributed by atoms with van der Waals surface area (Å²) in [4.78, 5) is 14.5. The van der Waals surface area contributed by atoms with Crippen LogP contribution in [0.25, 0.3) is 0 Å². The lowest BCUT2D eigenvalue weighted by Gasteiger charge is -2.23. The third kappa shape index (κ3) is 3.06. The Morgan fingerprint density at radius 3 is 2.57 bits per heavy atom. The van der Waals surface area contributed by atoms with E-state index in [1.165, 1.54) is 5.56 Å². The van der Waals surface area contributed by atoms with Crippen LogP contribution in [0, 0.1) is 13.8 Å². The summed E-state index contributed by atoms with van der Waals surface area (Å²) < 4.78 is 5.87. The molecule has 2 aromatic rings. The monoisotopic (exact) mass is 329 g/mol. The van der Waals surface area contributed by atoms with Gasteiger partial charge in [-0.2, -0.15) is 0 Å². The maximum absolute atomic E-state index is 12.7. The SMILES string of the molecule is Cc1cc(OC(C)C(=O)N2CCc3ccccc32)cc(C)c1Cl. The third-order valence-electron chi connectivity index (χ3n) is 4.22. The van der Waals surface area contributed by atoms with E-state index < -0.39 is 6.10 Å². The topological polar surface area (TPSA) is 29.5 Å². The minimum atomic E-state index is -0.541. The molecule has 1 unspecified atom stereocenters. The second-order valence-electron chi connectivity index (χ2n) is 6.00. The summed E-state index contributed by atoms with van der Waals surface area (Å²) in [5, 5.41) is 0.741. The standard InChI is InChI=1S/C19H20ClNO2/c1-12-10-16(11-13(2)18(12)20)23-14(3)19(22)21-9-8-15-6-4-5-7-17(15)21/h4-7,10-11,14H,8-9H2,1-3H3. The number of halogens is 1. The molecule has 0 N–H and O–H groups in total. The van der Waals surface area contributed by atoms with Gasteiger partial charge in [0.2, 0.25) is 0 Å². The first-order valence-corrected chi connectivity index (χ1v) is 8.18. The molecule has 3 nitrogen and oxygen atoms in total. The second-order valence-corrected chi connectivity index (χ2v) is 6.38. The van der Waals surface area contributed by atoms with Gasteiger partial charge in [0, 0.05) is 17.3 Å². The van der Waals surface area contributed by atoms with Crippen LogP contribution in [0.5, 0.6) is 5.75 Å². The van der Waals surface area contributed by atoms with E-state index in [-0.39, 0.29) is 5.91 Å². The Bertz CT molecular complexity index is 734. The van der Waals surface area contributed by atoms with E-state index in [0.717, 1.165) is 28.3 Å². The van der Waals surface area contributed by atoms with E-state index in [1.807, 2.05) is 49.1 Å². The summed E-state index contributed by atoms with van der Waals surface area (Å²) in [5.74, 6) is 0.665. The summed E-state index contributed by atoms with van der Waals surface area (Å²) in [6.45, 7) is 6.38. The molecule has 0 saturated carbocycles. The van der Waals surface area contributed by atoms with E-state index in [9.17, 15) is 4.79 Å². The van der Waals surface area contributed by atoms with Crippen molar-refractivity contribution in [2.24, 2.45) is 0 Å². The summed E-state index contributed by atoms with van der Waals surface area (Å²) in [5.41, 5.74) is 4.11. The van der Waals surface area contributed by atoms with Crippen LogP contribution in [-0.4, -0.2) is 18.6 Å². The number of para-hydroxylation sites is 1. The van der Waals surface area contributed by atoms with Gasteiger partial charge in [-0.25, -0.2) is 0 Å². The lowest BCUT2D eigenvalue weighted by Crippen LogP contribution is -2.39. The lowest BCUT2D eigenvalue weighted by atomic mass is 10.1. The van der Waals surface area contributed by atoms with Crippen LogP contribution in [0.4, 0.5) is 5.69 Å². The lowest BCUT2D eigenvalue weighted by molar-refractivity contribution is -0.124. The van der Waals surface area contributed by atoms with Crippen molar-refractivity contribution in [1.29, 1.82) is 0 Å². The molecule has 1 aliphatic rings. The molecule has 1 atom stereocenters. The summed E-state index contributed by atoms with van der Waals surface area (Å²) in [6.07, 6.45) is 0.356. The minimum absolute atomic E-state index is 0.0137. The van der Waals surface area contributed by atoms with Crippen LogP contribution >= 0.6 is 11.6 Å². The number of fused-ring (bicyclic) bond motifs is 1. The quantitative estimate of drug-likeness (QED) is 0.839. The number of amides is 1. The molecule has 1 aliphatic heterocycles. The number of ether oxygens (including phenoxy) is 1. The fraction of sp³-hybridized carbons (Fsp3) is 0.316. The average molecular weight is 330 g/mol. The Labute approximate surface area is 141 Å². The summed E-state index contributed by atoms with van der Waals surface area (Å²) in [6, 6.07) is 11.8. The van der Waals surface area contributed by atoms with Crippen LogP contribution < -0.4 is 9.64 Å². The fourth-order valence-electron chi connectivity index (χ4n) is 3.02. The molecule has 0 aromatic heterocycles. The van der Waals surface area contributed by atoms with Gasteiger partial charge in [0.1, 0.15) is 5.75 Å². The number of nitrogens with zero attached hydrogens (tertiary/aromatic N) is 1. The molecular weight excluding hydrogens is 310 g/mol. The number of carbonyl (C=O) groups is 1. The first kappa shape index (κ1) is 15.9. The predicted octanol–water partition coefficient (Wildman–Crippen LogP) is 4.31. The number of hydrogen-bond donors (Lipinski definition) is 0. The van der Waals surface area contributed by atoms with Crippen LogP contribution in [0.3, 0.4) is 0 Å². The molecule has 0 saturated heterocycles. The molecule has 0 aliphatic carbocycles. The van der Waals surface area contributed by atoms with Crippen molar-refractivity contribution in [2.75, 3.05) is 11.4 Å². The number of carbonyl (C=O) groups excluding carboxylic acids is 1. The van der Waals surface area contributed by atoms with E-state index in [0.29, 0.717) is 12.3 Å². The number of hydrogen-bond acceptors (Lipinski definition) is 2. The van der Waals surface area contributed by atoms with Gasteiger partial charge in [-0.3, -0.25) is 4.79 Å². The largest absolute Gasteiger partial charge is 0.481 e. The van der Waals surface area contributed by atoms with Gasteiger partial charge < -0.3 is 9.64 Å². The maximum Gasteiger partial charge on any atom is 0.267 e. The number of benzene rings is 2. The normalized spacial score (nSPS) is 14.5. The zero-order chi connectivity index (χ0) is 16.6. The van der Waals surface area contributed by atoms with E-state index >= 15 is 0 Å². The second kappa shape index (κ2) is 6.25. The third-order valence-corrected chi connectivity index (χ3v) is 4.82. The molecule has 0 radical (unpaired) electrons. The Kier molecular flexibility index (Phi) is 4.31. The average Bonchev–Trinajstić information content (AvgIpc) is 2.95. The minimum Gasteiger partial charge on any atom is -0.481 e. The smallest absolute Gasteiger partial charge is 0.267 e. The highest BCUT2D eigenvalue weighted by atomic mass is 35.5. The van der Waals surface area contributed by atoms with Crippen LogP contribution in [-0.2, 0) is 11.2 Å². The molecule has 120 valence electrons. The van der Waals surface area contributed by atoms with Gasteiger partial charge in [-0.05, 0) is 62.1 Å². The summed E-state index contributed by atoms with van der Waals surface area (Å²) in [7, 11) is 0. The molecule has 0 spiro atoms. The molecule has 3 rings (SSSR count). The number of rotatable bonds is 3.